The van der Waals surface area contributed by atoms with Gasteiger partial charge in [0.05, 0.1) is 19.6 Å². The molecule has 0 bridgehead atoms. The zero-order valence-corrected chi connectivity index (χ0v) is 8.54. The van der Waals surface area contributed by atoms with Crippen molar-refractivity contribution >= 4 is 5.78 Å². The van der Waals surface area contributed by atoms with Gasteiger partial charge in [0.2, 0.25) is 0 Å². The quantitative estimate of drug-likeness (QED) is 0.692. The van der Waals surface area contributed by atoms with E-state index in [2.05, 4.69) is 0 Å². The lowest BCUT2D eigenvalue weighted by atomic mass is 9.81. The lowest BCUT2D eigenvalue weighted by Gasteiger charge is -2.26. The van der Waals surface area contributed by atoms with Gasteiger partial charge in [0.15, 0.2) is 6.29 Å². The summed E-state index contributed by atoms with van der Waals surface area (Å²) in [6, 6.07) is 0. The summed E-state index contributed by atoms with van der Waals surface area (Å²) in [6.07, 6.45) is 5.66. The predicted molar refractivity (Wildman–Crippen MR) is 51.9 cm³/mol. The van der Waals surface area contributed by atoms with Crippen molar-refractivity contribution < 1.29 is 14.3 Å². The van der Waals surface area contributed by atoms with Gasteiger partial charge in [-0.05, 0) is 12.3 Å². The number of hydrogen-bond acceptors (Lipinski definition) is 3. The van der Waals surface area contributed by atoms with Crippen molar-refractivity contribution in [1.82, 2.24) is 0 Å². The van der Waals surface area contributed by atoms with Crippen LogP contribution in [0.4, 0.5) is 0 Å². The molecule has 1 aliphatic heterocycles. The fourth-order valence-electron chi connectivity index (χ4n) is 1.94. The molecular formula is C11H18O3. The van der Waals surface area contributed by atoms with Crippen molar-refractivity contribution in [2.45, 2.75) is 44.8 Å². The average molecular weight is 198 g/mol. The highest BCUT2D eigenvalue weighted by atomic mass is 16.7. The molecule has 0 aromatic rings. The van der Waals surface area contributed by atoms with E-state index in [9.17, 15) is 4.79 Å². The van der Waals surface area contributed by atoms with Crippen LogP contribution in [0.2, 0.25) is 0 Å². The molecular weight excluding hydrogens is 180 g/mol. The molecule has 3 heteroatoms. The number of ether oxygens (including phenoxy) is 2. The van der Waals surface area contributed by atoms with E-state index in [1.54, 1.807) is 0 Å². The first-order chi connectivity index (χ1) is 6.84. The fourth-order valence-corrected chi connectivity index (χ4v) is 1.94. The number of hydrogen-bond donors (Lipinski definition) is 0. The molecule has 0 unspecified atom stereocenters. The number of ketones is 1. The van der Waals surface area contributed by atoms with Crippen LogP contribution in [-0.2, 0) is 14.3 Å². The lowest BCUT2D eigenvalue weighted by Crippen LogP contribution is -2.28. The molecule has 1 aliphatic carbocycles. The third-order valence-corrected chi connectivity index (χ3v) is 3.03. The molecule has 0 aromatic carbocycles. The van der Waals surface area contributed by atoms with Gasteiger partial charge in [-0.3, -0.25) is 4.79 Å². The summed E-state index contributed by atoms with van der Waals surface area (Å²) >= 11 is 0. The first-order valence-corrected chi connectivity index (χ1v) is 5.59. The number of carbonyl (C=O) groups excluding carboxylic acids is 1. The van der Waals surface area contributed by atoms with Crippen LogP contribution in [0.5, 0.6) is 0 Å². The van der Waals surface area contributed by atoms with Crippen LogP contribution in [0.15, 0.2) is 0 Å². The van der Waals surface area contributed by atoms with Crippen molar-refractivity contribution in [3.8, 4) is 0 Å². The third-order valence-electron chi connectivity index (χ3n) is 3.03. The van der Waals surface area contributed by atoms with Gasteiger partial charge in [0.25, 0.3) is 0 Å². The van der Waals surface area contributed by atoms with Gasteiger partial charge in [0.1, 0.15) is 5.78 Å². The van der Waals surface area contributed by atoms with Crippen LogP contribution in [0.1, 0.15) is 38.5 Å². The first kappa shape index (κ1) is 10.1. The van der Waals surface area contributed by atoms with E-state index in [4.69, 9.17) is 9.47 Å². The van der Waals surface area contributed by atoms with E-state index in [0.717, 1.165) is 26.1 Å². The fraction of sp³-hybridized carbons (Fsp3) is 0.909. The maximum atomic E-state index is 11.6. The average Bonchev–Trinajstić information content (AvgIpc) is 2.13. The molecule has 0 amide bonds. The van der Waals surface area contributed by atoms with Gasteiger partial charge in [-0.15, -0.1) is 0 Å². The predicted octanol–water partition coefficient (Wildman–Crippen LogP) is 1.90. The van der Waals surface area contributed by atoms with Crippen LogP contribution in [0.25, 0.3) is 0 Å². The molecule has 0 spiro atoms. The highest BCUT2D eigenvalue weighted by Gasteiger charge is 2.23. The van der Waals surface area contributed by atoms with Crippen LogP contribution >= 0.6 is 0 Å². The first-order valence-electron chi connectivity index (χ1n) is 5.59. The Morgan fingerprint density at radius 3 is 2.36 bits per heavy atom. The molecule has 1 saturated carbocycles. The molecule has 1 saturated heterocycles. The van der Waals surface area contributed by atoms with Crippen LogP contribution in [-0.4, -0.2) is 25.3 Å². The van der Waals surface area contributed by atoms with Crippen molar-refractivity contribution in [1.29, 1.82) is 0 Å². The monoisotopic (exact) mass is 198 g/mol. The minimum absolute atomic E-state index is 0.253. The molecule has 2 rings (SSSR count). The molecule has 0 radical (unpaired) electrons. The molecule has 80 valence electrons. The Morgan fingerprint density at radius 1 is 1.07 bits per heavy atom. The van der Waals surface area contributed by atoms with Crippen molar-refractivity contribution in [3.05, 3.63) is 0 Å². The van der Waals surface area contributed by atoms with Crippen molar-refractivity contribution in [2.75, 3.05) is 13.2 Å². The van der Waals surface area contributed by atoms with Gasteiger partial charge in [-0.25, -0.2) is 0 Å². The summed E-state index contributed by atoms with van der Waals surface area (Å²) in [5.74, 6) is 0.965. The van der Waals surface area contributed by atoms with E-state index in [-0.39, 0.29) is 6.29 Å². The standard InChI is InChI=1S/C11H18O3/c12-10(7-9-3-1-4-9)8-11-13-5-2-6-14-11/h9,11H,1-8H2. The molecule has 0 atom stereocenters. The van der Waals surface area contributed by atoms with Crippen LogP contribution in [0.3, 0.4) is 0 Å². The number of Topliss-reactive ketones (excluding diaryl/α,β-unsaturated/α-hetero) is 1. The highest BCUT2D eigenvalue weighted by Crippen LogP contribution is 2.30. The topological polar surface area (TPSA) is 35.5 Å². The van der Waals surface area contributed by atoms with Crippen molar-refractivity contribution in [3.63, 3.8) is 0 Å². The van der Waals surface area contributed by atoms with Crippen LogP contribution < -0.4 is 0 Å². The van der Waals surface area contributed by atoms with Gasteiger partial charge in [-0.1, -0.05) is 19.3 Å². The number of carbonyl (C=O) groups is 1. The Morgan fingerprint density at radius 2 is 1.79 bits per heavy atom. The maximum Gasteiger partial charge on any atom is 0.164 e. The SMILES string of the molecule is O=C(CC1CCC1)CC1OCCCO1. The minimum atomic E-state index is -0.253. The van der Waals surface area contributed by atoms with Crippen molar-refractivity contribution in [2.24, 2.45) is 5.92 Å². The summed E-state index contributed by atoms with van der Waals surface area (Å²) < 4.78 is 10.7. The molecule has 14 heavy (non-hydrogen) atoms. The molecule has 3 nitrogen and oxygen atoms in total. The lowest BCUT2D eigenvalue weighted by molar-refractivity contribution is -0.183. The van der Waals surface area contributed by atoms with E-state index >= 15 is 0 Å². The third kappa shape index (κ3) is 2.79. The molecule has 0 N–H and O–H groups in total. The minimum Gasteiger partial charge on any atom is -0.352 e. The highest BCUT2D eigenvalue weighted by molar-refractivity contribution is 5.79. The Hall–Kier alpha value is -0.410. The summed E-state index contributed by atoms with van der Waals surface area (Å²) in [7, 11) is 0. The van der Waals surface area contributed by atoms with Crippen LogP contribution in [0, 0.1) is 5.92 Å². The summed E-state index contributed by atoms with van der Waals surface area (Å²) in [4.78, 5) is 11.6. The van der Waals surface area contributed by atoms with Gasteiger partial charge < -0.3 is 9.47 Å². The number of rotatable bonds is 4. The Balaban J connectivity index is 1.64. The van der Waals surface area contributed by atoms with E-state index in [0.29, 0.717) is 18.1 Å². The second-order valence-corrected chi connectivity index (χ2v) is 4.27. The van der Waals surface area contributed by atoms with Gasteiger partial charge in [-0.2, -0.15) is 0 Å². The second-order valence-electron chi connectivity index (χ2n) is 4.27. The molecule has 2 aliphatic rings. The summed E-state index contributed by atoms with van der Waals surface area (Å²) in [6.45, 7) is 1.47. The smallest absolute Gasteiger partial charge is 0.164 e. The zero-order valence-electron chi connectivity index (χ0n) is 8.54. The Labute approximate surface area is 84.8 Å². The molecule has 0 aromatic heterocycles. The molecule has 2 fully saturated rings. The maximum absolute atomic E-state index is 11.6. The normalized spacial score (nSPS) is 24.6. The Bertz CT molecular complexity index is 193. The van der Waals surface area contributed by atoms with E-state index in [1.165, 1.54) is 19.3 Å². The van der Waals surface area contributed by atoms with Gasteiger partial charge in [0, 0.05) is 6.42 Å². The second kappa shape index (κ2) is 4.89. The largest absolute Gasteiger partial charge is 0.352 e. The van der Waals surface area contributed by atoms with E-state index < -0.39 is 0 Å². The summed E-state index contributed by atoms with van der Waals surface area (Å²) in [5, 5.41) is 0. The zero-order chi connectivity index (χ0) is 9.80. The van der Waals surface area contributed by atoms with Gasteiger partial charge >= 0.3 is 0 Å². The molecule has 1 heterocycles. The summed E-state index contributed by atoms with van der Waals surface area (Å²) in [5.41, 5.74) is 0. The van der Waals surface area contributed by atoms with E-state index in [1.807, 2.05) is 0 Å². The Kier molecular flexibility index (Phi) is 3.54.